The maximum Gasteiger partial charge on any atom is 0.417 e. The van der Waals surface area contributed by atoms with Crippen molar-refractivity contribution in [3.63, 3.8) is 0 Å². The second-order valence-electron chi connectivity index (χ2n) is 6.03. The fourth-order valence-electron chi connectivity index (χ4n) is 2.75. The number of hydrogen-bond donors (Lipinski definition) is 2. The first kappa shape index (κ1) is 25.7. The highest BCUT2D eigenvalue weighted by Crippen LogP contribution is 2.29. The number of amides is 1. The molecule has 1 aromatic rings. The Bertz CT molecular complexity index is 564. The first-order valence-corrected chi connectivity index (χ1v) is 8.14. The quantitative estimate of drug-likeness (QED) is 0.721. The smallest absolute Gasteiger partial charge is 0.380 e. The van der Waals surface area contributed by atoms with Crippen LogP contribution >= 0.6 is 24.8 Å². The summed E-state index contributed by atoms with van der Waals surface area (Å²) >= 11 is 0. The van der Waals surface area contributed by atoms with Crippen LogP contribution in [-0.4, -0.2) is 49.8 Å². The number of alkyl halides is 3. The Morgan fingerprint density at radius 2 is 2.00 bits per heavy atom. The standard InChI is InChI=1S/C16H23F3N4O2.2ClH/c1-25-13(9-20)8-15(24)22-12-4-6-23(7-5-12)14-3-2-11(10-21-14)16(17,18)19;;/h2-3,10,12-13H,4-9,20H2,1H3,(H,22,24);2*1H. The van der Waals surface area contributed by atoms with E-state index < -0.39 is 11.7 Å². The van der Waals surface area contributed by atoms with Crippen LogP contribution in [0.25, 0.3) is 0 Å². The number of nitrogens with zero attached hydrogens (tertiary/aromatic N) is 2. The lowest BCUT2D eigenvalue weighted by atomic mass is 10.0. The SMILES string of the molecule is COC(CN)CC(=O)NC1CCN(c2ccc(C(F)(F)F)cn2)CC1.Cl.Cl. The summed E-state index contributed by atoms with van der Waals surface area (Å²) in [5.74, 6) is 0.406. The van der Waals surface area contributed by atoms with E-state index in [0.29, 0.717) is 31.7 Å². The minimum Gasteiger partial charge on any atom is -0.380 e. The van der Waals surface area contributed by atoms with E-state index in [1.54, 1.807) is 0 Å². The number of carbonyl (C=O) groups excluding carboxylic acids is 1. The van der Waals surface area contributed by atoms with E-state index >= 15 is 0 Å². The highest BCUT2D eigenvalue weighted by Gasteiger charge is 2.31. The molecule has 1 fully saturated rings. The van der Waals surface area contributed by atoms with Crippen LogP contribution in [0.4, 0.5) is 19.0 Å². The van der Waals surface area contributed by atoms with Crippen LogP contribution in [0.1, 0.15) is 24.8 Å². The summed E-state index contributed by atoms with van der Waals surface area (Å²) in [7, 11) is 1.51. The Balaban J connectivity index is 0.00000338. The highest BCUT2D eigenvalue weighted by atomic mass is 35.5. The Morgan fingerprint density at radius 3 is 2.44 bits per heavy atom. The van der Waals surface area contributed by atoms with Gasteiger partial charge in [-0.1, -0.05) is 0 Å². The number of methoxy groups -OCH3 is 1. The van der Waals surface area contributed by atoms with Gasteiger partial charge in [-0.3, -0.25) is 4.79 Å². The number of nitrogens with two attached hydrogens (primary N) is 1. The number of ether oxygens (including phenoxy) is 1. The molecule has 0 bridgehead atoms. The van der Waals surface area contributed by atoms with Gasteiger partial charge in [-0.05, 0) is 25.0 Å². The van der Waals surface area contributed by atoms with Gasteiger partial charge in [0.2, 0.25) is 5.91 Å². The molecule has 1 unspecified atom stereocenters. The Labute approximate surface area is 168 Å². The Morgan fingerprint density at radius 1 is 1.37 bits per heavy atom. The topological polar surface area (TPSA) is 80.5 Å². The first-order valence-electron chi connectivity index (χ1n) is 8.14. The van der Waals surface area contributed by atoms with E-state index in [1.165, 1.54) is 13.2 Å². The summed E-state index contributed by atoms with van der Waals surface area (Å²) in [6, 6.07) is 2.45. The molecule has 1 amide bonds. The molecule has 0 spiro atoms. The molecule has 1 saturated heterocycles. The lowest BCUT2D eigenvalue weighted by Crippen LogP contribution is -2.46. The number of hydrogen-bond acceptors (Lipinski definition) is 5. The van der Waals surface area contributed by atoms with E-state index in [0.717, 1.165) is 12.3 Å². The van der Waals surface area contributed by atoms with Gasteiger partial charge in [0.05, 0.1) is 18.1 Å². The maximum absolute atomic E-state index is 12.6. The molecule has 3 N–H and O–H groups in total. The molecule has 2 heterocycles. The van der Waals surface area contributed by atoms with Crippen molar-refractivity contribution in [2.75, 3.05) is 31.6 Å². The fourth-order valence-corrected chi connectivity index (χ4v) is 2.75. The van der Waals surface area contributed by atoms with Crippen LogP contribution in [0, 0.1) is 0 Å². The van der Waals surface area contributed by atoms with Crippen LogP contribution < -0.4 is 16.0 Å². The predicted molar refractivity (Wildman–Crippen MR) is 102 cm³/mol. The third kappa shape index (κ3) is 7.69. The molecule has 0 saturated carbocycles. The minimum absolute atomic E-state index is 0. The summed E-state index contributed by atoms with van der Waals surface area (Å²) in [6.45, 7) is 1.52. The van der Waals surface area contributed by atoms with Gasteiger partial charge in [-0.2, -0.15) is 13.2 Å². The molecular weight excluding hydrogens is 408 g/mol. The summed E-state index contributed by atoms with van der Waals surface area (Å²) in [4.78, 5) is 17.8. The van der Waals surface area contributed by atoms with Crippen LogP contribution in [0.5, 0.6) is 0 Å². The van der Waals surface area contributed by atoms with Gasteiger partial charge in [0, 0.05) is 39.0 Å². The third-order valence-corrected chi connectivity index (χ3v) is 4.27. The van der Waals surface area contributed by atoms with Gasteiger partial charge in [0.15, 0.2) is 0 Å². The average Bonchev–Trinajstić information content (AvgIpc) is 2.59. The normalized spacial score (nSPS) is 16.1. The van der Waals surface area contributed by atoms with Crippen LogP contribution in [0.15, 0.2) is 18.3 Å². The predicted octanol–water partition coefficient (Wildman–Crippen LogP) is 2.39. The summed E-state index contributed by atoms with van der Waals surface area (Å²) in [6.07, 6.45) is -2.21. The van der Waals surface area contributed by atoms with Gasteiger partial charge >= 0.3 is 6.18 Å². The zero-order valence-electron chi connectivity index (χ0n) is 14.9. The van der Waals surface area contributed by atoms with E-state index in [1.807, 2.05) is 4.90 Å². The molecule has 0 aromatic carbocycles. The molecule has 1 aromatic heterocycles. The summed E-state index contributed by atoms with van der Waals surface area (Å²) in [5.41, 5.74) is 4.74. The summed E-state index contributed by atoms with van der Waals surface area (Å²) in [5, 5.41) is 2.95. The number of pyridine rings is 1. The van der Waals surface area contributed by atoms with Gasteiger partial charge in [0.1, 0.15) is 5.82 Å². The van der Waals surface area contributed by atoms with Crippen molar-refractivity contribution in [2.24, 2.45) is 5.73 Å². The summed E-state index contributed by atoms with van der Waals surface area (Å²) < 4.78 is 42.8. The molecule has 1 aliphatic rings. The van der Waals surface area contributed by atoms with Gasteiger partial charge in [-0.15, -0.1) is 24.8 Å². The third-order valence-electron chi connectivity index (χ3n) is 4.27. The van der Waals surface area contributed by atoms with E-state index in [2.05, 4.69) is 10.3 Å². The van der Waals surface area contributed by atoms with Gasteiger partial charge < -0.3 is 20.7 Å². The van der Waals surface area contributed by atoms with Crippen molar-refractivity contribution in [2.45, 2.75) is 37.6 Å². The molecule has 0 aliphatic carbocycles. The molecule has 11 heteroatoms. The Hall–Kier alpha value is -1.29. The largest absolute Gasteiger partial charge is 0.417 e. The number of aromatic nitrogens is 1. The molecule has 2 rings (SSSR count). The molecule has 0 radical (unpaired) electrons. The lowest BCUT2D eigenvalue weighted by molar-refractivity contribution is -0.137. The molecule has 156 valence electrons. The van der Waals surface area contributed by atoms with Crippen LogP contribution in [0.3, 0.4) is 0 Å². The average molecular weight is 433 g/mol. The second-order valence-corrected chi connectivity index (χ2v) is 6.03. The van der Waals surface area contributed by atoms with Crippen molar-refractivity contribution < 1.29 is 22.7 Å². The fraction of sp³-hybridized carbons (Fsp3) is 0.625. The lowest BCUT2D eigenvalue weighted by Gasteiger charge is -2.33. The van der Waals surface area contributed by atoms with E-state index in [9.17, 15) is 18.0 Å². The number of rotatable bonds is 6. The maximum atomic E-state index is 12.6. The molecule has 6 nitrogen and oxygen atoms in total. The van der Waals surface area contributed by atoms with Crippen molar-refractivity contribution in [3.05, 3.63) is 23.9 Å². The number of halogens is 5. The highest BCUT2D eigenvalue weighted by molar-refractivity contribution is 5.85. The zero-order chi connectivity index (χ0) is 18.4. The van der Waals surface area contributed by atoms with Crippen molar-refractivity contribution in [1.29, 1.82) is 0 Å². The van der Waals surface area contributed by atoms with Gasteiger partial charge in [0.25, 0.3) is 0 Å². The Kier molecular flexibility index (Phi) is 11.0. The number of anilines is 1. The van der Waals surface area contributed by atoms with Gasteiger partial charge in [-0.25, -0.2) is 4.98 Å². The number of nitrogens with one attached hydrogen (secondary N) is 1. The zero-order valence-corrected chi connectivity index (χ0v) is 16.5. The number of carbonyl (C=O) groups is 1. The van der Waals surface area contributed by atoms with Crippen molar-refractivity contribution in [1.82, 2.24) is 10.3 Å². The van der Waals surface area contributed by atoms with Crippen LogP contribution in [0.2, 0.25) is 0 Å². The second kappa shape index (κ2) is 11.5. The van der Waals surface area contributed by atoms with Crippen LogP contribution in [-0.2, 0) is 15.7 Å². The molecular formula is C16H25Cl2F3N4O2. The van der Waals surface area contributed by atoms with E-state index in [4.69, 9.17) is 10.5 Å². The monoisotopic (exact) mass is 432 g/mol. The van der Waals surface area contributed by atoms with E-state index in [-0.39, 0.29) is 55.8 Å². The number of piperidine rings is 1. The first-order chi connectivity index (χ1) is 11.8. The minimum atomic E-state index is -4.38. The molecule has 1 atom stereocenters. The molecule has 1 aliphatic heterocycles. The molecule has 27 heavy (non-hydrogen) atoms. The van der Waals surface area contributed by atoms with Crippen molar-refractivity contribution in [3.8, 4) is 0 Å². The van der Waals surface area contributed by atoms with Crippen molar-refractivity contribution >= 4 is 36.5 Å².